The summed E-state index contributed by atoms with van der Waals surface area (Å²) in [4.78, 5) is 34.0. The van der Waals surface area contributed by atoms with Crippen molar-refractivity contribution in [3.8, 4) is 0 Å². The van der Waals surface area contributed by atoms with Crippen molar-refractivity contribution in [3.63, 3.8) is 0 Å². The molecule has 5 rings (SSSR count). The molecule has 6 nitrogen and oxygen atoms in total. The number of hydrogen-bond acceptors (Lipinski definition) is 3. The van der Waals surface area contributed by atoms with Gasteiger partial charge in [-0.05, 0) is 62.6 Å². The maximum absolute atomic E-state index is 14.8. The molecule has 1 saturated carbocycles. The zero-order chi connectivity index (χ0) is 19.5. The number of carbonyl (C=O) groups excluding carboxylic acids is 2. The molecule has 2 amide bonds. The third-order valence-electron chi connectivity index (χ3n) is 6.57. The van der Waals surface area contributed by atoms with E-state index < -0.39 is 17.3 Å². The van der Waals surface area contributed by atoms with Crippen LogP contribution in [0, 0.1) is 24.2 Å². The van der Waals surface area contributed by atoms with Gasteiger partial charge in [0.05, 0.1) is 5.41 Å². The molecule has 0 bridgehead atoms. The number of piperidine rings is 1. The monoisotopic (exact) mass is 384 g/mol. The van der Waals surface area contributed by atoms with Crippen molar-refractivity contribution in [2.24, 2.45) is 11.3 Å². The van der Waals surface area contributed by atoms with Crippen LogP contribution in [0.15, 0.2) is 18.3 Å². The van der Waals surface area contributed by atoms with Crippen molar-refractivity contribution < 1.29 is 14.0 Å². The van der Waals surface area contributed by atoms with Crippen molar-refractivity contribution in [1.29, 1.82) is 0 Å². The Morgan fingerprint density at radius 3 is 2.93 bits per heavy atom. The van der Waals surface area contributed by atoms with Gasteiger partial charge in [-0.15, -0.1) is 0 Å². The molecule has 28 heavy (non-hydrogen) atoms. The molecule has 3 fully saturated rings. The van der Waals surface area contributed by atoms with E-state index in [0.29, 0.717) is 31.1 Å². The molecule has 1 aliphatic carbocycles. The highest BCUT2D eigenvalue weighted by Gasteiger charge is 2.50. The van der Waals surface area contributed by atoms with Gasteiger partial charge in [0.1, 0.15) is 5.65 Å². The van der Waals surface area contributed by atoms with E-state index in [9.17, 15) is 14.0 Å². The van der Waals surface area contributed by atoms with E-state index >= 15 is 0 Å². The first kappa shape index (κ1) is 17.6. The fraction of sp³-hybridized carbons (Fsp3) is 0.571. The summed E-state index contributed by atoms with van der Waals surface area (Å²) in [5, 5.41) is 0. The number of likely N-dealkylation sites (tertiary alicyclic amines) is 2. The average Bonchev–Trinajstić information content (AvgIpc) is 3.30. The fourth-order valence-electron chi connectivity index (χ4n) is 4.77. The predicted molar refractivity (Wildman–Crippen MR) is 101 cm³/mol. The zero-order valence-corrected chi connectivity index (χ0v) is 16.2. The van der Waals surface area contributed by atoms with Crippen molar-refractivity contribution in [2.75, 3.05) is 26.2 Å². The topological polar surface area (TPSA) is 57.9 Å². The highest BCUT2D eigenvalue weighted by Crippen LogP contribution is 2.42. The number of amides is 2. The number of halogens is 1. The van der Waals surface area contributed by atoms with Gasteiger partial charge in [0.2, 0.25) is 11.9 Å². The Morgan fingerprint density at radius 2 is 2.14 bits per heavy atom. The number of fused-ring (bicyclic) bond motifs is 1. The molecule has 1 spiro atoms. The molecule has 2 aromatic rings. The minimum atomic E-state index is -0.633. The number of aryl methyl sites for hydroxylation is 1. The average molecular weight is 384 g/mol. The third-order valence-corrected chi connectivity index (χ3v) is 6.57. The number of aromatic nitrogens is 2. The standard InChI is InChI=1S/C21H25FN4O2/c1-14-5-9-26-16(11-14)23-17(18(26)22)19(27)25-10-7-21(13-25)6-2-8-24(20(21)28)12-15-3-4-15/h5,9,11,15H,2-4,6-8,10,12-13H2,1H3. The van der Waals surface area contributed by atoms with Gasteiger partial charge in [-0.3, -0.25) is 14.0 Å². The maximum Gasteiger partial charge on any atom is 0.277 e. The van der Waals surface area contributed by atoms with Crippen LogP contribution in [0.5, 0.6) is 0 Å². The Hall–Kier alpha value is -2.44. The summed E-state index contributed by atoms with van der Waals surface area (Å²) in [7, 11) is 0. The minimum absolute atomic E-state index is 0.152. The quantitative estimate of drug-likeness (QED) is 0.818. The second-order valence-corrected chi connectivity index (χ2v) is 8.74. The van der Waals surface area contributed by atoms with Crippen LogP contribution < -0.4 is 0 Å². The van der Waals surface area contributed by atoms with Crippen molar-refractivity contribution >= 4 is 17.5 Å². The van der Waals surface area contributed by atoms with Gasteiger partial charge in [-0.2, -0.15) is 4.39 Å². The first-order valence-electron chi connectivity index (χ1n) is 10.2. The van der Waals surface area contributed by atoms with Gasteiger partial charge in [0.15, 0.2) is 5.69 Å². The van der Waals surface area contributed by atoms with E-state index in [1.54, 1.807) is 23.2 Å². The molecule has 3 aliphatic rings. The number of hydrogen-bond donors (Lipinski definition) is 0. The Balaban J connectivity index is 1.37. The molecule has 2 aliphatic heterocycles. The molecular weight excluding hydrogens is 359 g/mol. The first-order chi connectivity index (χ1) is 13.5. The molecule has 7 heteroatoms. The van der Waals surface area contributed by atoms with Gasteiger partial charge in [-0.1, -0.05) is 0 Å². The molecule has 0 N–H and O–H groups in total. The van der Waals surface area contributed by atoms with E-state index in [0.717, 1.165) is 31.5 Å². The number of nitrogens with zero attached hydrogens (tertiary/aromatic N) is 4. The normalized spacial score (nSPS) is 25.3. The SMILES string of the molecule is Cc1ccn2c(F)c(C(=O)N3CCC4(CCCN(CC5CC5)C4=O)C3)nc2c1. The van der Waals surface area contributed by atoms with E-state index in [4.69, 9.17) is 0 Å². The molecule has 0 aromatic carbocycles. The lowest BCUT2D eigenvalue weighted by molar-refractivity contribution is -0.145. The maximum atomic E-state index is 14.8. The molecule has 2 saturated heterocycles. The van der Waals surface area contributed by atoms with Crippen LogP contribution >= 0.6 is 0 Å². The molecule has 2 aromatic heterocycles. The summed E-state index contributed by atoms with van der Waals surface area (Å²) in [5.41, 5.74) is 0.745. The van der Waals surface area contributed by atoms with E-state index in [2.05, 4.69) is 4.98 Å². The highest BCUT2D eigenvalue weighted by atomic mass is 19.1. The van der Waals surface area contributed by atoms with Crippen molar-refractivity contribution in [3.05, 3.63) is 35.5 Å². The predicted octanol–water partition coefficient (Wildman–Crippen LogP) is 2.65. The molecule has 148 valence electrons. The van der Waals surface area contributed by atoms with Gasteiger partial charge in [0.25, 0.3) is 5.91 Å². The second kappa shape index (κ2) is 6.29. The van der Waals surface area contributed by atoms with Crippen molar-refractivity contribution in [1.82, 2.24) is 19.2 Å². The Morgan fingerprint density at radius 1 is 1.32 bits per heavy atom. The second-order valence-electron chi connectivity index (χ2n) is 8.74. The molecule has 4 heterocycles. The molecular formula is C21H25FN4O2. The zero-order valence-electron chi connectivity index (χ0n) is 16.2. The number of carbonyl (C=O) groups is 2. The fourth-order valence-corrected chi connectivity index (χ4v) is 4.77. The smallest absolute Gasteiger partial charge is 0.277 e. The van der Waals surface area contributed by atoms with Gasteiger partial charge in [0, 0.05) is 32.4 Å². The van der Waals surface area contributed by atoms with Crippen LogP contribution in [0.2, 0.25) is 0 Å². The van der Waals surface area contributed by atoms with E-state index in [-0.39, 0.29) is 11.6 Å². The Bertz CT molecular complexity index is 967. The van der Waals surface area contributed by atoms with Crippen LogP contribution in [-0.2, 0) is 4.79 Å². The number of imidazole rings is 1. The summed E-state index contributed by atoms with van der Waals surface area (Å²) in [6.45, 7) is 4.44. The van der Waals surface area contributed by atoms with Gasteiger partial charge >= 0.3 is 0 Å². The largest absolute Gasteiger partial charge is 0.342 e. The molecule has 0 radical (unpaired) electrons. The van der Waals surface area contributed by atoms with Crippen LogP contribution in [-0.4, -0.2) is 57.2 Å². The van der Waals surface area contributed by atoms with Crippen LogP contribution in [0.4, 0.5) is 4.39 Å². The third kappa shape index (κ3) is 2.79. The highest BCUT2D eigenvalue weighted by molar-refractivity contribution is 5.94. The lowest BCUT2D eigenvalue weighted by atomic mass is 9.78. The summed E-state index contributed by atoms with van der Waals surface area (Å²) in [5.74, 6) is -0.199. The van der Waals surface area contributed by atoms with Crippen LogP contribution in [0.1, 0.15) is 48.2 Å². The summed E-state index contributed by atoms with van der Waals surface area (Å²) in [6.07, 6.45) is 6.47. The van der Waals surface area contributed by atoms with Crippen molar-refractivity contribution in [2.45, 2.75) is 39.0 Å². The number of pyridine rings is 1. The molecule has 1 unspecified atom stereocenters. The van der Waals surface area contributed by atoms with Gasteiger partial charge in [-0.25, -0.2) is 4.98 Å². The lowest BCUT2D eigenvalue weighted by Crippen LogP contribution is -2.51. The summed E-state index contributed by atoms with van der Waals surface area (Å²) >= 11 is 0. The summed E-state index contributed by atoms with van der Waals surface area (Å²) in [6, 6.07) is 3.54. The van der Waals surface area contributed by atoms with Crippen LogP contribution in [0.3, 0.4) is 0 Å². The first-order valence-corrected chi connectivity index (χ1v) is 10.2. The lowest BCUT2D eigenvalue weighted by Gasteiger charge is -2.39. The van der Waals surface area contributed by atoms with E-state index in [1.165, 1.54) is 17.2 Å². The Labute approximate surface area is 163 Å². The number of rotatable bonds is 3. The molecule has 1 atom stereocenters. The summed E-state index contributed by atoms with van der Waals surface area (Å²) < 4.78 is 16.1. The minimum Gasteiger partial charge on any atom is -0.342 e. The van der Waals surface area contributed by atoms with Crippen LogP contribution in [0.25, 0.3) is 5.65 Å². The van der Waals surface area contributed by atoms with E-state index in [1.807, 2.05) is 11.8 Å². The Kier molecular flexibility index (Phi) is 3.96. The van der Waals surface area contributed by atoms with Gasteiger partial charge < -0.3 is 9.80 Å².